The third-order valence-corrected chi connectivity index (χ3v) is 4.92. The van der Waals surface area contributed by atoms with Gasteiger partial charge in [0.15, 0.2) is 11.6 Å². The Kier molecular flexibility index (Phi) is 5.98. The zero-order valence-corrected chi connectivity index (χ0v) is 15.4. The average Bonchev–Trinajstić information content (AvgIpc) is 3.27. The van der Waals surface area contributed by atoms with Gasteiger partial charge < -0.3 is 4.90 Å². The van der Waals surface area contributed by atoms with E-state index in [0.29, 0.717) is 24.4 Å². The van der Waals surface area contributed by atoms with Crippen molar-refractivity contribution in [3.63, 3.8) is 0 Å². The van der Waals surface area contributed by atoms with E-state index in [4.69, 9.17) is 0 Å². The lowest BCUT2D eigenvalue weighted by atomic mass is 10.1. The van der Waals surface area contributed by atoms with Crippen LogP contribution in [-0.2, 0) is 4.79 Å². The van der Waals surface area contributed by atoms with Crippen LogP contribution in [-0.4, -0.2) is 52.7 Å². The van der Waals surface area contributed by atoms with Crippen molar-refractivity contribution in [2.45, 2.75) is 33.1 Å². The lowest BCUT2D eigenvalue weighted by Crippen LogP contribution is -2.29. The first kappa shape index (κ1) is 18.5. The molecular formula is C19H26FN5O. The molecule has 0 aliphatic carbocycles. The van der Waals surface area contributed by atoms with Crippen molar-refractivity contribution in [1.82, 2.24) is 20.1 Å². The van der Waals surface area contributed by atoms with Gasteiger partial charge in [0.05, 0.1) is 0 Å². The monoisotopic (exact) mass is 359 g/mol. The highest BCUT2D eigenvalue weighted by molar-refractivity contribution is 5.76. The Balaban J connectivity index is 1.64. The molecular weight excluding hydrogens is 333 g/mol. The number of aryl methyl sites for hydroxylation is 1. The van der Waals surface area contributed by atoms with E-state index in [-0.39, 0.29) is 11.5 Å². The number of nitrogens with zero attached hydrogens (tertiary/aromatic N) is 4. The number of anilines is 1. The summed E-state index contributed by atoms with van der Waals surface area (Å²) in [5, 5.41) is 6.72. The van der Waals surface area contributed by atoms with Crippen molar-refractivity contribution in [2.24, 2.45) is 5.92 Å². The fourth-order valence-electron chi connectivity index (χ4n) is 3.38. The molecule has 0 bridgehead atoms. The number of hydrogen-bond acceptors (Lipinski definition) is 4. The number of likely N-dealkylation sites (tertiary alicyclic amines) is 1. The molecule has 1 amide bonds. The molecule has 1 N–H and O–H groups in total. The van der Waals surface area contributed by atoms with Crippen LogP contribution in [0.2, 0.25) is 0 Å². The van der Waals surface area contributed by atoms with Crippen LogP contribution in [0.5, 0.6) is 0 Å². The number of nitrogens with one attached hydrogen (secondary N) is 1. The zero-order valence-electron chi connectivity index (χ0n) is 15.4. The summed E-state index contributed by atoms with van der Waals surface area (Å²) in [5.74, 6) is -0.0304. The molecule has 2 aromatic heterocycles. The number of hydrogen-bond donors (Lipinski definition) is 1. The summed E-state index contributed by atoms with van der Waals surface area (Å²) in [6, 6.07) is 3.60. The first-order valence-corrected chi connectivity index (χ1v) is 9.19. The number of halogens is 1. The maximum absolute atomic E-state index is 14.8. The summed E-state index contributed by atoms with van der Waals surface area (Å²) >= 11 is 0. The quantitative estimate of drug-likeness (QED) is 0.736. The number of aromatic nitrogens is 3. The molecule has 3 rings (SSSR count). The highest BCUT2D eigenvalue weighted by Crippen LogP contribution is 2.27. The van der Waals surface area contributed by atoms with E-state index >= 15 is 0 Å². The molecule has 140 valence electrons. The average molecular weight is 359 g/mol. The van der Waals surface area contributed by atoms with Crippen LogP contribution in [0.25, 0.3) is 11.3 Å². The van der Waals surface area contributed by atoms with Gasteiger partial charge in [-0.3, -0.25) is 19.8 Å². The molecule has 0 radical (unpaired) electrons. The van der Waals surface area contributed by atoms with E-state index in [9.17, 15) is 9.18 Å². The van der Waals surface area contributed by atoms with Crippen LogP contribution < -0.4 is 4.90 Å². The largest absolute Gasteiger partial charge is 0.303 e. The molecule has 2 aromatic rings. The van der Waals surface area contributed by atoms with Gasteiger partial charge in [-0.1, -0.05) is 6.92 Å². The Morgan fingerprint density at radius 3 is 2.81 bits per heavy atom. The molecule has 26 heavy (non-hydrogen) atoms. The minimum absolute atomic E-state index is 0.0453. The van der Waals surface area contributed by atoms with Gasteiger partial charge in [-0.05, 0) is 57.3 Å². The van der Waals surface area contributed by atoms with Gasteiger partial charge in [0, 0.05) is 30.5 Å². The van der Waals surface area contributed by atoms with Crippen LogP contribution >= 0.6 is 0 Å². The molecule has 0 aromatic carbocycles. The smallest absolute Gasteiger partial charge is 0.215 e. The maximum atomic E-state index is 14.8. The molecule has 1 aliphatic heterocycles. The van der Waals surface area contributed by atoms with Crippen molar-refractivity contribution in [3.05, 3.63) is 29.8 Å². The Morgan fingerprint density at radius 1 is 1.38 bits per heavy atom. The molecule has 3 heterocycles. The fraction of sp³-hybridized carbons (Fsp3) is 0.526. The number of pyridine rings is 1. The standard InChI is InChI=1S/C19H26FN5O/c1-14(12-24-8-3-4-9-24)7-10-25(13-26)19-17(20)18(22-23-19)16-6-5-15(2)21-11-16/h5-6,11,13-14H,3-4,7-10,12H2,1-2H3,(H,22,23). The van der Waals surface area contributed by atoms with Crippen molar-refractivity contribution < 1.29 is 9.18 Å². The highest BCUT2D eigenvalue weighted by Gasteiger charge is 2.21. The molecule has 1 aliphatic rings. The minimum Gasteiger partial charge on any atom is -0.303 e. The highest BCUT2D eigenvalue weighted by atomic mass is 19.1. The molecule has 0 spiro atoms. The van der Waals surface area contributed by atoms with Crippen LogP contribution in [0.4, 0.5) is 10.2 Å². The van der Waals surface area contributed by atoms with E-state index < -0.39 is 5.82 Å². The second kappa shape index (κ2) is 8.40. The molecule has 7 heteroatoms. The fourth-order valence-corrected chi connectivity index (χ4v) is 3.38. The summed E-state index contributed by atoms with van der Waals surface area (Å²) in [5.41, 5.74) is 1.72. The van der Waals surface area contributed by atoms with Crippen molar-refractivity contribution in [3.8, 4) is 11.3 Å². The predicted molar refractivity (Wildman–Crippen MR) is 99.4 cm³/mol. The van der Waals surface area contributed by atoms with Crippen molar-refractivity contribution in [2.75, 3.05) is 31.1 Å². The maximum Gasteiger partial charge on any atom is 0.215 e. The summed E-state index contributed by atoms with van der Waals surface area (Å²) in [4.78, 5) is 19.5. The van der Waals surface area contributed by atoms with Gasteiger partial charge in [-0.2, -0.15) is 5.10 Å². The predicted octanol–water partition coefficient (Wildman–Crippen LogP) is 3.00. The molecule has 1 atom stereocenters. The number of H-pyrrole nitrogens is 1. The number of carbonyl (C=O) groups is 1. The SMILES string of the molecule is Cc1ccc(-c2[nH]nc(N(C=O)CCC(C)CN3CCCC3)c2F)cn1. The Bertz CT molecular complexity index is 724. The first-order valence-electron chi connectivity index (χ1n) is 9.19. The summed E-state index contributed by atoms with van der Waals surface area (Å²) in [6.07, 6.45) is 5.59. The van der Waals surface area contributed by atoms with Gasteiger partial charge in [0.2, 0.25) is 6.41 Å². The molecule has 6 nitrogen and oxygen atoms in total. The lowest BCUT2D eigenvalue weighted by Gasteiger charge is -2.22. The normalized spacial score (nSPS) is 16.0. The minimum atomic E-state index is -0.519. The Hall–Kier alpha value is -2.28. The van der Waals surface area contributed by atoms with Gasteiger partial charge in [-0.15, -0.1) is 0 Å². The lowest BCUT2D eigenvalue weighted by molar-refractivity contribution is -0.107. The third-order valence-electron chi connectivity index (χ3n) is 4.92. The van der Waals surface area contributed by atoms with Gasteiger partial charge in [0.1, 0.15) is 5.69 Å². The van der Waals surface area contributed by atoms with E-state index in [2.05, 4.69) is 27.0 Å². The number of rotatable bonds is 8. The van der Waals surface area contributed by atoms with Gasteiger partial charge in [-0.25, -0.2) is 4.39 Å². The second-order valence-corrected chi connectivity index (χ2v) is 7.12. The number of amides is 1. The van der Waals surface area contributed by atoms with E-state index in [0.717, 1.165) is 31.7 Å². The van der Waals surface area contributed by atoms with Crippen LogP contribution in [0, 0.1) is 18.7 Å². The van der Waals surface area contributed by atoms with Crippen LogP contribution in [0.15, 0.2) is 18.3 Å². The summed E-state index contributed by atoms with van der Waals surface area (Å²) in [6.45, 7) is 7.83. The van der Waals surface area contributed by atoms with Crippen molar-refractivity contribution in [1.29, 1.82) is 0 Å². The number of carbonyl (C=O) groups excluding carboxylic acids is 1. The number of aromatic amines is 1. The first-order chi connectivity index (χ1) is 12.6. The molecule has 1 unspecified atom stereocenters. The van der Waals surface area contributed by atoms with Crippen LogP contribution in [0.1, 0.15) is 31.9 Å². The summed E-state index contributed by atoms with van der Waals surface area (Å²) in [7, 11) is 0. The van der Waals surface area contributed by atoms with Crippen LogP contribution in [0.3, 0.4) is 0 Å². The zero-order chi connectivity index (χ0) is 18.5. The van der Waals surface area contributed by atoms with E-state index in [1.807, 2.05) is 13.0 Å². The second-order valence-electron chi connectivity index (χ2n) is 7.12. The van der Waals surface area contributed by atoms with Gasteiger partial charge >= 0.3 is 0 Å². The summed E-state index contributed by atoms with van der Waals surface area (Å²) < 4.78 is 14.8. The molecule has 1 saturated heterocycles. The third kappa shape index (κ3) is 4.27. The Morgan fingerprint density at radius 2 is 2.15 bits per heavy atom. The molecule has 1 fully saturated rings. The van der Waals surface area contributed by atoms with Crippen molar-refractivity contribution >= 4 is 12.2 Å². The topological polar surface area (TPSA) is 65.1 Å². The van der Waals surface area contributed by atoms with E-state index in [1.165, 1.54) is 17.7 Å². The Labute approximate surface area is 153 Å². The van der Waals surface area contributed by atoms with Gasteiger partial charge in [0.25, 0.3) is 0 Å². The van der Waals surface area contributed by atoms with E-state index in [1.54, 1.807) is 12.3 Å². The molecule has 0 saturated carbocycles.